The van der Waals surface area contributed by atoms with Gasteiger partial charge in [0.2, 0.25) is 0 Å². The van der Waals surface area contributed by atoms with Crippen molar-refractivity contribution in [2.24, 2.45) is 0 Å². The third-order valence-corrected chi connectivity index (χ3v) is 4.39. The van der Waals surface area contributed by atoms with Gasteiger partial charge in [0.25, 0.3) is 5.56 Å². The van der Waals surface area contributed by atoms with E-state index in [2.05, 4.69) is 9.97 Å². The van der Waals surface area contributed by atoms with Crippen LogP contribution in [0.5, 0.6) is 11.5 Å². The molecule has 0 aliphatic carbocycles. The van der Waals surface area contributed by atoms with Crippen molar-refractivity contribution < 1.29 is 13.9 Å². The zero-order valence-electron chi connectivity index (χ0n) is 15.1. The van der Waals surface area contributed by atoms with Crippen molar-refractivity contribution in [2.75, 3.05) is 7.11 Å². The van der Waals surface area contributed by atoms with E-state index in [4.69, 9.17) is 9.47 Å². The van der Waals surface area contributed by atoms with Crippen molar-refractivity contribution in [1.29, 1.82) is 0 Å². The highest BCUT2D eigenvalue weighted by molar-refractivity contribution is 5.79. The molecule has 5 nitrogen and oxygen atoms in total. The Balaban J connectivity index is 1.70. The zero-order chi connectivity index (χ0) is 19.5. The number of rotatable bonds is 5. The average molecular weight is 376 g/mol. The van der Waals surface area contributed by atoms with Crippen LogP contribution in [0.1, 0.15) is 5.56 Å². The van der Waals surface area contributed by atoms with Crippen molar-refractivity contribution in [1.82, 2.24) is 9.97 Å². The predicted octanol–water partition coefficient (Wildman–Crippen LogP) is 4.32. The standard InChI is InChI=1S/C22H17FN2O3/c1-27-19-11-10-14(12-20(19)28-13-15-6-2-4-8-17(15)23)21-24-18-9-5-3-7-16(18)22(26)25-21/h2-12H,13H2,1H3,(H,24,25,26). The number of aromatic amines is 1. The Morgan fingerprint density at radius 3 is 2.61 bits per heavy atom. The summed E-state index contributed by atoms with van der Waals surface area (Å²) in [4.78, 5) is 19.7. The predicted molar refractivity (Wildman–Crippen MR) is 105 cm³/mol. The van der Waals surface area contributed by atoms with Crippen LogP contribution in [0.25, 0.3) is 22.3 Å². The van der Waals surface area contributed by atoms with Gasteiger partial charge in [-0.15, -0.1) is 0 Å². The van der Waals surface area contributed by atoms with Crippen LogP contribution in [0.3, 0.4) is 0 Å². The van der Waals surface area contributed by atoms with Gasteiger partial charge in [0.1, 0.15) is 18.2 Å². The molecule has 3 aromatic carbocycles. The van der Waals surface area contributed by atoms with E-state index in [1.165, 1.54) is 13.2 Å². The minimum Gasteiger partial charge on any atom is -0.493 e. The van der Waals surface area contributed by atoms with Crippen LogP contribution in [-0.4, -0.2) is 17.1 Å². The first kappa shape index (κ1) is 17.7. The molecule has 0 saturated carbocycles. The van der Waals surface area contributed by atoms with E-state index in [1.54, 1.807) is 54.6 Å². The van der Waals surface area contributed by atoms with E-state index in [1.807, 2.05) is 6.07 Å². The molecule has 0 fully saturated rings. The average Bonchev–Trinajstić information content (AvgIpc) is 2.73. The highest BCUT2D eigenvalue weighted by Gasteiger charge is 2.11. The van der Waals surface area contributed by atoms with E-state index < -0.39 is 0 Å². The minimum absolute atomic E-state index is 0.0498. The van der Waals surface area contributed by atoms with Crippen LogP contribution in [0.15, 0.2) is 71.5 Å². The molecule has 4 rings (SSSR count). The lowest BCUT2D eigenvalue weighted by Crippen LogP contribution is -2.09. The number of hydrogen-bond donors (Lipinski definition) is 1. The summed E-state index contributed by atoms with van der Waals surface area (Å²) in [7, 11) is 1.53. The molecule has 1 aromatic heterocycles. The van der Waals surface area contributed by atoms with Crippen molar-refractivity contribution in [3.05, 3.63) is 88.5 Å². The number of H-pyrrole nitrogens is 1. The summed E-state index contributed by atoms with van der Waals surface area (Å²) in [5.41, 5.74) is 1.48. The van der Waals surface area contributed by atoms with E-state index in [0.29, 0.717) is 39.4 Å². The molecule has 0 bridgehead atoms. The topological polar surface area (TPSA) is 64.2 Å². The second-order valence-corrected chi connectivity index (χ2v) is 6.18. The molecular formula is C22H17FN2O3. The number of aromatic nitrogens is 2. The van der Waals surface area contributed by atoms with Gasteiger partial charge in [-0.2, -0.15) is 0 Å². The van der Waals surface area contributed by atoms with Crippen LogP contribution in [0, 0.1) is 5.82 Å². The molecule has 1 heterocycles. The van der Waals surface area contributed by atoms with Gasteiger partial charge >= 0.3 is 0 Å². The molecule has 140 valence electrons. The van der Waals surface area contributed by atoms with Gasteiger partial charge < -0.3 is 14.5 Å². The molecule has 4 aromatic rings. The number of fused-ring (bicyclic) bond motifs is 1. The summed E-state index contributed by atoms with van der Waals surface area (Å²) < 4.78 is 25.0. The van der Waals surface area contributed by atoms with Crippen LogP contribution < -0.4 is 15.0 Å². The zero-order valence-corrected chi connectivity index (χ0v) is 15.1. The second kappa shape index (κ2) is 7.52. The largest absolute Gasteiger partial charge is 0.493 e. The first-order chi connectivity index (χ1) is 13.7. The van der Waals surface area contributed by atoms with E-state index >= 15 is 0 Å². The van der Waals surface area contributed by atoms with Crippen LogP contribution in [0.4, 0.5) is 4.39 Å². The number of benzene rings is 3. The number of nitrogens with one attached hydrogen (secondary N) is 1. The fourth-order valence-electron chi connectivity index (χ4n) is 2.93. The molecule has 0 saturated heterocycles. The van der Waals surface area contributed by atoms with Crippen LogP contribution in [0.2, 0.25) is 0 Å². The maximum Gasteiger partial charge on any atom is 0.259 e. The summed E-state index contributed by atoms with van der Waals surface area (Å²) in [6.07, 6.45) is 0. The number of hydrogen-bond acceptors (Lipinski definition) is 4. The Morgan fingerprint density at radius 2 is 1.79 bits per heavy atom. The lowest BCUT2D eigenvalue weighted by atomic mass is 10.1. The molecule has 0 unspecified atom stereocenters. The van der Waals surface area contributed by atoms with Crippen molar-refractivity contribution in [3.8, 4) is 22.9 Å². The van der Waals surface area contributed by atoms with Gasteiger partial charge in [-0.1, -0.05) is 30.3 Å². The number of nitrogens with zero attached hydrogens (tertiary/aromatic N) is 1. The van der Waals surface area contributed by atoms with Crippen molar-refractivity contribution in [2.45, 2.75) is 6.61 Å². The highest BCUT2D eigenvalue weighted by atomic mass is 19.1. The van der Waals surface area contributed by atoms with Crippen LogP contribution >= 0.6 is 0 Å². The Labute approximate surface area is 160 Å². The second-order valence-electron chi connectivity index (χ2n) is 6.18. The quantitative estimate of drug-likeness (QED) is 0.564. The summed E-state index contributed by atoms with van der Waals surface area (Å²) in [6, 6.07) is 18.8. The van der Waals surface area contributed by atoms with Gasteiger partial charge in [0.05, 0.1) is 18.0 Å². The Bertz CT molecular complexity index is 1200. The number of ether oxygens (including phenoxy) is 2. The Kier molecular flexibility index (Phi) is 4.76. The Hall–Kier alpha value is -3.67. The van der Waals surface area contributed by atoms with E-state index in [9.17, 15) is 9.18 Å². The van der Waals surface area contributed by atoms with Gasteiger partial charge in [-0.25, -0.2) is 9.37 Å². The van der Waals surface area contributed by atoms with Crippen molar-refractivity contribution in [3.63, 3.8) is 0 Å². The molecule has 0 aliphatic rings. The molecule has 0 atom stereocenters. The van der Waals surface area contributed by atoms with E-state index in [-0.39, 0.29) is 18.0 Å². The smallest absolute Gasteiger partial charge is 0.259 e. The first-order valence-corrected chi connectivity index (χ1v) is 8.69. The lowest BCUT2D eigenvalue weighted by molar-refractivity contribution is 0.280. The number of halogens is 1. The van der Waals surface area contributed by atoms with Gasteiger partial charge in [-0.3, -0.25) is 4.79 Å². The fourth-order valence-corrected chi connectivity index (χ4v) is 2.93. The molecule has 1 N–H and O–H groups in total. The van der Waals surface area contributed by atoms with Crippen LogP contribution in [-0.2, 0) is 6.61 Å². The summed E-state index contributed by atoms with van der Waals surface area (Å²) >= 11 is 0. The number of methoxy groups -OCH3 is 1. The minimum atomic E-state index is -0.335. The molecule has 0 aliphatic heterocycles. The summed E-state index contributed by atoms with van der Waals surface area (Å²) in [6.45, 7) is 0.0498. The Morgan fingerprint density at radius 1 is 1.00 bits per heavy atom. The molecular weight excluding hydrogens is 359 g/mol. The molecule has 6 heteroatoms. The normalized spacial score (nSPS) is 10.8. The summed E-state index contributed by atoms with van der Waals surface area (Å²) in [5, 5.41) is 0.524. The number of para-hydroxylation sites is 1. The third-order valence-electron chi connectivity index (χ3n) is 4.39. The first-order valence-electron chi connectivity index (χ1n) is 8.69. The molecule has 0 radical (unpaired) electrons. The maximum absolute atomic E-state index is 13.9. The molecule has 0 amide bonds. The monoisotopic (exact) mass is 376 g/mol. The molecule has 0 spiro atoms. The van der Waals surface area contributed by atoms with E-state index in [0.717, 1.165) is 0 Å². The molecule has 28 heavy (non-hydrogen) atoms. The van der Waals surface area contributed by atoms with Crippen molar-refractivity contribution >= 4 is 10.9 Å². The van der Waals surface area contributed by atoms with Gasteiger partial charge in [-0.05, 0) is 36.4 Å². The third kappa shape index (κ3) is 3.44. The lowest BCUT2D eigenvalue weighted by Gasteiger charge is -2.13. The SMILES string of the molecule is COc1ccc(-c2nc3ccccc3c(=O)[nH]2)cc1OCc1ccccc1F. The maximum atomic E-state index is 13.9. The highest BCUT2D eigenvalue weighted by Crippen LogP contribution is 2.32. The fraction of sp³-hybridized carbons (Fsp3) is 0.0909. The van der Waals surface area contributed by atoms with Gasteiger partial charge in [0, 0.05) is 11.1 Å². The van der Waals surface area contributed by atoms with Gasteiger partial charge in [0.15, 0.2) is 11.5 Å². The summed E-state index contributed by atoms with van der Waals surface area (Å²) in [5.74, 6) is 1.02.